The normalized spacial score (nSPS) is 17.2. The number of anilines is 3. The highest BCUT2D eigenvalue weighted by Crippen LogP contribution is 2.43. The second-order valence-electron chi connectivity index (χ2n) is 9.60. The molecular formula is C24H27BN8O13. The van der Waals surface area contributed by atoms with Crippen LogP contribution in [0.5, 0.6) is 34.6 Å². The van der Waals surface area contributed by atoms with Crippen LogP contribution in [0.2, 0.25) is 0 Å². The summed E-state index contributed by atoms with van der Waals surface area (Å²) in [7, 11) is 9.94. The molecule has 1 amide bonds. The van der Waals surface area contributed by atoms with E-state index in [9.17, 15) is 49.8 Å². The highest BCUT2D eigenvalue weighted by molar-refractivity contribution is 6.36. The number of ether oxygens (including phenoxy) is 2. The van der Waals surface area contributed by atoms with Gasteiger partial charge in [0, 0.05) is 27.7 Å². The van der Waals surface area contributed by atoms with Crippen molar-refractivity contribution in [2.75, 3.05) is 31.9 Å². The second kappa shape index (κ2) is 12.3. The number of carbonyl (C=O) groups is 1. The summed E-state index contributed by atoms with van der Waals surface area (Å²) in [5.41, 5.74) is -1.42. The SMILES string of the molecule is COC1CC(OC)C1O.[B]c1c(O)c(-n2c(O)c(Nc3nc4c(C(N)=O)c(=O)[nH]n4c(NC)c3O)c(O)c(O)c2=O)[nH]c(=O)c1O. The van der Waals surface area contributed by atoms with Crippen LogP contribution in [0.3, 0.4) is 0 Å². The van der Waals surface area contributed by atoms with E-state index in [-0.39, 0.29) is 22.6 Å². The monoisotopic (exact) mass is 646 g/mol. The van der Waals surface area contributed by atoms with Crippen molar-refractivity contribution in [3.05, 3.63) is 36.6 Å². The Bertz CT molecular complexity index is 2030. The van der Waals surface area contributed by atoms with E-state index < -0.39 is 97.3 Å². The van der Waals surface area contributed by atoms with Gasteiger partial charge in [-0.25, -0.2) is 14.1 Å². The minimum Gasteiger partial charge on any atom is -0.505 e. The molecule has 1 aliphatic rings. The number of carbonyl (C=O) groups excluding carboxylic acids is 1. The van der Waals surface area contributed by atoms with E-state index in [1.54, 1.807) is 14.2 Å². The third kappa shape index (κ3) is 5.24. The number of aromatic nitrogens is 5. The first-order chi connectivity index (χ1) is 21.6. The molecule has 22 heteroatoms. The van der Waals surface area contributed by atoms with E-state index in [2.05, 4.69) is 20.7 Å². The van der Waals surface area contributed by atoms with E-state index in [0.717, 1.165) is 10.9 Å². The molecule has 46 heavy (non-hydrogen) atoms. The average Bonchev–Trinajstić information content (AvgIpc) is 3.35. The largest absolute Gasteiger partial charge is 0.505 e. The number of pyridine rings is 2. The smallest absolute Gasteiger partial charge is 0.305 e. The number of nitrogens with zero attached hydrogens (tertiary/aromatic N) is 3. The lowest BCUT2D eigenvalue weighted by Crippen LogP contribution is -2.52. The number of fused-ring (bicyclic) bond motifs is 1. The van der Waals surface area contributed by atoms with Crippen LogP contribution in [0, 0.1) is 0 Å². The van der Waals surface area contributed by atoms with Crippen molar-refractivity contribution in [1.82, 2.24) is 24.1 Å². The summed E-state index contributed by atoms with van der Waals surface area (Å²) in [6, 6.07) is 0. The van der Waals surface area contributed by atoms with Crippen LogP contribution in [-0.4, -0.2) is 113 Å². The third-order valence-electron chi connectivity index (χ3n) is 7.03. The van der Waals surface area contributed by atoms with Crippen LogP contribution in [0.4, 0.5) is 17.3 Å². The molecule has 4 aromatic heterocycles. The van der Waals surface area contributed by atoms with Crippen molar-refractivity contribution in [3.63, 3.8) is 0 Å². The Kier molecular flexibility index (Phi) is 8.80. The lowest BCUT2D eigenvalue weighted by Gasteiger charge is -2.38. The topological polar surface area (TPSA) is 332 Å². The molecule has 4 heterocycles. The highest BCUT2D eigenvalue weighted by Gasteiger charge is 2.40. The summed E-state index contributed by atoms with van der Waals surface area (Å²) in [6.45, 7) is 0. The molecule has 1 aliphatic carbocycles. The molecule has 0 saturated heterocycles. The number of nitrogens with one attached hydrogen (secondary N) is 4. The Balaban J connectivity index is 0.000000459. The van der Waals surface area contributed by atoms with E-state index in [1.165, 1.54) is 7.05 Å². The van der Waals surface area contributed by atoms with Crippen molar-refractivity contribution >= 4 is 42.2 Å². The maximum Gasteiger partial charge on any atom is 0.305 e. The van der Waals surface area contributed by atoms with Gasteiger partial charge < -0.3 is 66.6 Å². The predicted molar refractivity (Wildman–Crippen MR) is 157 cm³/mol. The summed E-state index contributed by atoms with van der Waals surface area (Å²) >= 11 is 0. The molecule has 0 spiro atoms. The molecular weight excluding hydrogens is 619 g/mol. The molecule has 1 fully saturated rings. The van der Waals surface area contributed by atoms with Gasteiger partial charge >= 0.3 is 5.56 Å². The Morgan fingerprint density at radius 1 is 0.978 bits per heavy atom. The number of methoxy groups -OCH3 is 2. The average molecular weight is 646 g/mol. The number of amides is 1. The molecule has 2 radical (unpaired) electrons. The van der Waals surface area contributed by atoms with Gasteiger partial charge in [0.15, 0.2) is 45.9 Å². The molecule has 21 nitrogen and oxygen atoms in total. The van der Waals surface area contributed by atoms with Crippen LogP contribution in [0.1, 0.15) is 16.8 Å². The fraction of sp³-hybridized carbons (Fsp3) is 0.292. The first kappa shape index (κ1) is 33.0. The summed E-state index contributed by atoms with van der Waals surface area (Å²) in [5, 5.41) is 77.9. The van der Waals surface area contributed by atoms with Gasteiger partial charge in [0.1, 0.15) is 19.6 Å². The molecule has 4 aromatic rings. The number of aliphatic hydroxyl groups is 1. The molecule has 0 aliphatic heterocycles. The zero-order chi connectivity index (χ0) is 34.4. The fourth-order valence-corrected chi connectivity index (χ4v) is 4.46. The van der Waals surface area contributed by atoms with Gasteiger partial charge in [-0.05, 0) is 5.46 Å². The van der Waals surface area contributed by atoms with Crippen molar-refractivity contribution in [2.24, 2.45) is 5.73 Å². The van der Waals surface area contributed by atoms with E-state index in [0.29, 0.717) is 0 Å². The van der Waals surface area contributed by atoms with Crippen molar-refractivity contribution in [2.45, 2.75) is 24.7 Å². The van der Waals surface area contributed by atoms with E-state index in [4.69, 9.17) is 28.2 Å². The number of aromatic amines is 2. The van der Waals surface area contributed by atoms with Crippen LogP contribution >= 0.6 is 0 Å². The van der Waals surface area contributed by atoms with E-state index in [1.807, 2.05) is 4.98 Å². The standard InChI is InChI=1S/C18H15BN8O10.C6H12O3/c1-21-13-9(32)11(23-12-2(10(20)33)15(34)25-27(12)13)22-4-7(30)8(31)18(37)26(17(4)36)14-5(28)3(19)6(29)16(35)24-14;1-8-4-3-5(9-2)6(4)7/h21,28-32,36H,1H3,(H2,20,33)(H,22,23)(H,24,35)(H,25,34);4-7H,3H2,1-2H3. The number of nitrogens with two attached hydrogens (primary N) is 1. The molecule has 244 valence electrons. The number of primary amides is 1. The van der Waals surface area contributed by atoms with Gasteiger partial charge in [0.2, 0.25) is 17.4 Å². The minimum atomic E-state index is -1.56. The lowest BCUT2D eigenvalue weighted by atomic mass is 9.88. The molecule has 2 atom stereocenters. The first-order valence-corrected chi connectivity index (χ1v) is 12.8. The Labute approximate surface area is 256 Å². The van der Waals surface area contributed by atoms with Crippen molar-refractivity contribution < 1.29 is 50.0 Å². The maximum absolute atomic E-state index is 12.6. The Hall–Kier alpha value is -5.87. The fourth-order valence-electron chi connectivity index (χ4n) is 4.46. The van der Waals surface area contributed by atoms with Gasteiger partial charge in [-0.2, -0.15) is 0 Å². The number of H-pyrrole nitrogens is 2. The summed E-state index contributed by atoms with van der Waals surface area (Å²) in [6.07, 6.45) is 0.388. The second-order valence-corrected chi connectivity index (χ2v) is 9.60. The zero-order valence-corrected chi connectivity index (χ0v) is 24.0. The lowest BCUT2D eigenvalue weighted by molar-refractivity contribution is -0.168. The summed E-state index contributed by atoms with van der Waals surface area (Å²) in [4.78, 5) is 54.2. The van der Waals surface area contributed by atoms with Gasteiger partial charge in [0.05, 0.1) is 12.2 Å². The molecule has 5 rings (SSSR count). The van der Waals surface area contributed by atoms with Crippen LogP contribution in [-0.2, 0) is 9.47 Å². The van der Waals surface area contributed by atoms with Crippen molar-refractivity contribution in [3.8, 4) is 40.4 Å². The number of hydrogen-bond donors (Lipinski definition) is 12. The number of aromatic hydroxyl groups is 6. The Morgan fingerprint density at radius 3 is 2.11 bits per heavy atom. The van der Waals surface area contributed by atoms with Crippen molar-refractivity contribution in [1.29, 1.82) is 0 Å². The minimum absolute atomic E-state index is 0.00468. The van der Waals surface area contributed by atoms with Gasteiger partial charge in [-0.1, -0.05) is 0 Å². The summed E-state index contributed by atoms with van der Waals surface area (Å²) < 4.78 is 10.8. The van der Waals surface area contributed by atoms with Crippen LogP contribution in [0.25, 0.3) is 11.5 Å². The highest BCUT2D eigenvalue weighted by atomic mass is 16.5. The quantitative estimate of drug-likeness (QED) is 0.0869. The van der Waals surface area contributed by atoms with Gasteiger partial charge in [-0.15, -0.1) is 0 Å². The Morgan fingerprint density at radius 2 is 1.59 bits per heavy atom. The molecule has 0 aromatic carbocycles. The maximum atomic E-state index is 12.6. The summed E-state index contributed by atoms with van der Waals surface area (Å²) in [5.74, 6) is -9.95. The molecule has 0 bridgehead atoms. The van der Waals surface area contributed by atoms with Gasteiger partial charge in [-0.3, -0.25) is 24.3 Å². The third-order valence-corrected chi connectivity index (χ3v) is 7.03. The molecule has 1 saturated carbocycles. The van der Waals surface area contributed by atoms with Crippen LogP contribution < -0.4 is 38.5 Å². The predicted octanol–water partition coefficient (Wildman–Crippen LogP) is -3.45. The van der Waals surface area contributed by atoms with E-state index >= 15 is 0 Å². The van der Waals surface area contributed by atoms with Crippen LogP contribution in [0.15, 0.2) is 14.4 Å². The molecule has 2 unspecified atom stereocenters. The number of rotatable bonds is 7. The zero-order valence-electron chi connectivity index (χ0n) is 24.0. The number of hydrogen-bond acceptors (Lipinski definition) is 16. The van der Waals surface area contributed by atoms with Gasteiger partial charge in [0.25, 0.3) is 17.0 Å². The molecule has 13 N–H and O–H groups in total. The first-order valence-electron chi connectivity index (χ1n) is 12.8. The number of aliphatic hydroxyl groups excluding tert-OH is 1.